The quantitative estimate of drug-likeness (QED) is 0.755. The third kappa shape index (κ3) is 6.64. The van der Waals surface area contributed by atoms with Crippen molar-refractivity contribution < 1.29 is 9.90 Å². The van der Waals surface area contributed by atoms with E-state index in [1.807, 2.05) is 13.8 Å². The highest BCUT2D eigenvalue weighted by Gasteiger charge is 2.17. The maximum atomic E-state index is 11.6. The van der Waals surface area contributed by atoms with Gasteiger partial charge in [0.05, 0.1) is 0 Å². The molecular formula is C15H23NO2S. The van der Waals surface area contributed by atoms with Crippen LogP contribution < -0.4 is 5.32 Å². The number of aliphatic hydroxyl groups is 1. The van der Waals surface area contributed by atoms with Crippen LogP contribution in [0.15, 0.2) is 29.2 Å². The molecule has 0 fully saturated rings. The van der Waals surface area contributed by atoms with Crippen molar-refractivity contribution in [3.8, 4) is 0 Å². The van der Waals surface area contributed by atoms with Crippen LogP contribution in [0.4, 0.5) is 0 Å². The Kier molecular flexibility index (Phi) is 6.38. The first-order chi connectivity index (χ1) is 8.93. The molecule has 0 spiro atoms. The van der Waals surface area contributed by atoms with Crippen molar-refractivity contribution in [3.05, 3.63) is 29.8 Å². The van der Waals surface area contributed by atoms with E-state index in [9.17, 15) is 4.79 Å². The average Bonchev–Trinajstić information content (AvgIpc) is 2.39. The second kappa shape index (κ2) is 7.56. The molecule has 0 saturated heterocycles. The van der Waals surface area contributed by atoms with Crippen molar-refractivity contribution in [1.29, 1.82) is 0 Å². The molecule has 1 rings (SSSR count). The van der Waals surface area contributed by atoms with E-state index >= 15 is 0 Å². The van der Waals surface area contributed by atoms with Crippen molar-refractivity contribution >= 4 is 17.7 Å². The molecule has 2 N–H and O–H groups in total. The molecule has 0 unspecified atom stereocenters. The number of rotatable bonds is 7. The molecule has 0 aromatic heterocycles. The Morgan fingerprint density at radius 2 is 1.95 bits per heavy atom. The number of aliphatic hydroxyl groups excluding tert-OH is 1. The number of hydrogen-bond donors (Lipinski definition) is 2. The predicted octanol–water partition coefficient (Wildman–Crippen LogP) is 2.61. The molecule has 0 aliphatic carbocycles. The summed E-state index contributed by atoms with van der Waals surface area (Å²) in [7, 11) is 0. The van der Waals surface area contributed by atoms with E-state index < -0.39 is 0 Å². The molecule has 1 aromatic carbocycles. The summed E-state index contributed by atoms with van der Waals surface area (Å²) >= 11 is 1.69. The van der Waals surface area contributed by atoms with Gasteiger partial charge in [-0.1, -0.05) is 31.5 Å². The first kappa shape index (κ1) is 16.1. The molecule has 19 heavy (non-hydrogen) atoms. The number of aryl methyl sites for hydroxylation is 1. The van der Waals surface area contributed by atoms with Crippen LogP contribution in [0.5, 0.6) is 0 Å². The highest BCUT2D eigenvalue weighted by molar-refractivity contribution is 7.99. The Bertz CT molecular complexity index is 401. The fraction of sp³-hybridized carbons (Fsp3) is 0.533. The minimum Gasteiger partial charge on any atom is -0.396 e. The first-order valence-electron chi connectivity index (χ1n) is 6.50. The van der Waals surface area contributed by atoms with Gasteiger partial charge < -0.3 is 10.4 Å². The summed E-state index contributed by atoms with van der Waals surface area (Å²) in [5.74, 6) is 0.815. The van der Waals surface area contributed by atoms with Crippen LogP contribution in [0, 0.1) is 12.3 Å². The molecule has 1 aromatic rings. The Morgan fingerprint density at radius 1 is 1.32 bits per heavy atom. The zero-order valence-corrected chi connectivity index (χ0v) is 12.7. The topological polar surface area (TPSA) is 49.3 Å². The molecule has 0 bridgehead atoms. The van der Waals surface area contributed by atoms with Crippen LogP contribution in [0.1, 0.15) is 25.8 Å². The molecule has 3 nitrogen and oxygen atoms in total. The monoisotopic (exact) mass is 281 g/mol. The SMILES string of the molecule is Cc1ccc(SCCC(=O)NCC(C)(C)CO)cc1. The molecule has 0 aliphatic rings. The van der Waals surface area contributed by atoms with Gasteiger partial charge in [-0.25, -0.2) is 0 Å². The largest absolute Gasteiger partial charge is 0.396 e. The molecule has 0 radical (unpaired) electrons. The molecule has 0 atom stereocenters. The van der Waals surface area contributed by atoms with Gasteiger partial charge in [0.15, 0.2) is 0 Å². The van der Waals surface area contributed by atoms with Crippen molar-refractivity contribution in [2.45, 2.75) is 32.1 Å². The number of thioether (sulfide) groups is 1. The lowest BCUT2D eigenvalue weighted by molar-refractivity contribution is -0.121. The third-order valence-corrected chi connectivity index (χ3v) is 3.82. The predicted molar refractivity (Wildman–Crippen MR) is 80.4 cm³/mol. The highest BCUT2D eigenvalue weighted by atomic mass is 32.2. The number of benzene rings is 1. The first-order valence-corrected chi connectivity index (χ1v) is 7.48. The van der Waals surface area contributed by atoms with Gasteiger partial charge in [-0.2, -0.15) is 0 Å². The van der Waals surface area contributed by atoms with E-state index in [2.05, 4.69) is 36.5 Å². The van der Waals surface area contributed by atoms with Crippen molar-refractivity contribution in [1.82, 2.24) is 5.32 Å². The van der Waals surface area contributed by atoms with E-state index in [0.717, 1.165) is 5.75 Å². The maximum absolute atomic E-state index is 11.6. The van der Waals surface area contributed by atoms with E-state index in [4.69, 9.17) is 5.11 Å². The van der Waals surface area contributed by atoms with Gasteiger partial charge >= 0.3 is 0 Å². The fourth-order valence-electron chi connectivity index (χ4n) is 1.38. The van der Waals surface area contributed by atoms with Crippen molar-refractivity contribution in [3.63, 3.8) is 0 Å². The number of carbonyl (C=O) groups excluding carboxylic acids is 1. The third-order valence-electron chi connectivity index (χ3n) is 2.81. The van der Waals surface area contributed by atoms with Crippen LogP contribution in [-0.4, -0.2) is 29.9 Å². The lowest BCUT2D eigenvalue weighted by Crippen LogP contribution is -2.36. The Labute approximate surface area is 119 Å². The number of hydrogen-bond acceptors (Lipinski definition) is 3. The summed E-state index contributed by atoms with van der Waals surface area (Å²) in [4.78, 5) is 12.8. The molecule has 0 saturated carbocycles. The highest BCUT2D eigenvalue weighted by Crippen LogP contribution is 2.19. The second-order valence-corrected chi connectivity index (χ2v) is 6.68. The lowest BCUT2D eigenvalue weighted by Gasteiger charge is -2.21. The van der Waals surface area contributed by atoms with Crippen LogP contribution in [0.3, 0.4) is 0 Å². The minimum absolute atomic E-state index is 0.0427. The van der Waals surface area contributed by atoms with Gasteiger partial charge in [0.25, 0.3) is 0 Å². The van der Waals surface area contributed by atoms with Gasteiger partial charge in [-0.3, -0.25) is 4.79 Å². The number of carbonyl (C=O) groups is 1. The lowest BCUT2D eigenvalue weighted by atomic mass is 9.95. The van der Waals surface area contributed by atoms with Gasteiger partial charge in [-0.05, 0) is 19.1 Å². The molecule has 1 amide bonds. The zero-order chi connectivity index (χ0) is 14.3. The molecule has 0 aliphatic heterocycles. The van der Waals surface area contributed by atoms with Gasteiger partial charge in [0.2, 0.25) is 5.91 Å². The Hall–Kier alpha value is -1.00. The Morgan fingerprint density at radius 3 is 2.53 bits per heavy atom. The summed E-state index contributed by atoms with van der Waals surface area (Å²) in [5, 5.41) is 12.0. The van der Waals surface area contributed by atoms with E-state index in [-0.39, 0.29) is 17.9 Å². The van der Waals surface area contributed by atoms with Crippen LogP contribution in [0.2, 0.25) is 0 Å². The Balaban J connectivity index is 2.22. The summed E-state index contributed by atoms with van der Waals surface area (Å²) in [6.07, 6.45) is 0.500. The molecule has 0 heterocycles. The smallest absolute Gasteiger partial charge is 0.220 e. The maximum Gasteiger partial charge on any atom is 0.220 e. The van der Waals surface area contributed by atoms with Crippen molar-refractivity contribution in [2.24, 2.45) is 5.41 Å². The van der Waals surface area contributed by atoms with Crippen LogP contribution >= 0.6 is 11.8 Å². The number of nitrogens with one attached hydrogen (secondary N) is 1. The molecular weight excluding hydrogens is 258 g/mol. The minimum atomic E-state index is -0.250. The summed E-state index contributed by atoms with van der Waals surface area (Å²) in [6, 6.07) is 8.30. The molecule has 4 heteroatoms. The summed E-state index contributed by atoms with van der Waals surface area (Å²) in [5.41, 5.74) is 0.994. The number of amides is 1. The van der Waals surface area contributed by atoms with Crippen LogP contribution in [0.25, 0.3) is 0 Å². The van der Waals surface area contributed by atoms with Gasteiger partial charge in [0.1, 0.15) is 0 Å². The van der Waals surface area contributed by atoms with Crippen molar-refractivity contribution in [2.75, 3.05) is 18.9 Å². The standard InChI is InChI=1S/C15H23NO2S/c1-12-4-6-13(7-5-12)19-9-8-14(18)16-10-15(2,3)11-17/h4-7,17H,8-11H2,1-3H3,(H,16,18). The average molecular weight is 281 g/mol. The fourth-order valence-corrected chi connectivity index (χ4v) is 2.23. The van der Waals surface area contributed by atoms with E-state index in [1.54, 1.807) is 11.8 Å². The zero-order valence-electron chi connectivity index (χ0n) is 11.9. The van der Waals surface area contributed by atoms with Crippen LogP contribution in [-0.2, 0) is 4.79 Å². The summed E-state index contributed by atoms with van der Waals surface area (Å²) in [6.45, 7) is 6.50. The normalized spacial score (nSPS) is 11.4. The molecule has 106 valence electrons. The van der Waals surface area contributed by atoms with Gasteiger partial charge in [0, 0.05) is 35.6 Å². The second-order valence-electron chi connectivity index (χ2n) is 5.51. The summed E-state index contributed by atoms with van der Waals surface area (Å²) < 4.78 is 0. The van der Waals surface area contributed by atoms with Gasteiger partial charge in [-0.15, -0.1) is 11.8 Å². The van der Waals surface area contributed by atoms with E-state index in [1.165, 1.54) is 10.5 Å². The van der Waals surface area contributed by atoms with E-state index in [0.29, 0.717) is 13.0 Å².